The van der Waals surface area contributed by atoms with E-state index in [1.54, 1.807) is 0 Å². The van der Waals surface area contributed by atoms with E-state index >= 15 is 0 Å². The summed E-state index contributed by atoms with van der Waals surface area (Å²) in [5.41, 5.74) is 6.92. The largest absolute Gasteiger partial charge is 0.454 e. The third-order valence-electron chi connectivity index (χ3n) is 6.10. The molecule has 0 radical (unpaired) electrons. The van der Waals surface area contributed by atoms with Crippen LogP contribution >= 0.6 is 0 Å². The summed E-state index contributed by atoms with van der Waals surface area (Å²) in [5.74, 6) is 0.597. The van der Waals surface area contributed by atoms with E-state index in [-0.39, 0.29) is 0 Å². The maximum Gasteiger partial charge on any atom is 0.197 e. The Morgan fingerprint density at radius 2 is 1.79 bits per heavy atom. The second kappa shape index (κ2) is 6.21. The summed E-state index contributed by atoms with van der Waals surface area (Å²) in [7, 11) is 2.10. The van der Waals surface area contributed by atoms with Crippen LogP contribution in [0.4, 0.5) is 0 Å². The van der Waals surface area contributed by atoms with Gasteiger partial charge in [0, 0.05) is 46.9 Å². The Morgan fingerprint density at radius 1 is 1.00 bits per heavy atom. The summed E-state index contributed by atoms with van der Waals surface area (Å²) >= 11 is 0. The van der Waals surface area contributed by atoms with Gasteiger partial charge >= 0.3 is 0 Å². The van der Waals surface area contributed by atoms with Gasteiger partial charge in [0.2, 0.25) is 0 Å². The van der Waals surface area contributed by atoms with Crippen molar-refractivity contribution in [2.75, 3.05) is 0 Å². The minimum Gasteiger partial charge on any atom is -0.454 e. The minimum absolute atomic E-state index is 0.597. The SMILES string of the molecule is Cc1cc2cc(CC(C)C)cc3oc4c5cc(=[NH2+])ccc5cn(C)c4c(c1C)c23. The molecule has 2 heterocycles. The third-order valence-corrected chi connectivity index (χ3v) is 6.10. The lowest BCUT2D eigenvalue weighted by Gasteiger charge is -2.18. The molecule has 2 aromatic heterocycles. The molecule has 5 rings (SSSR count). The van der Waals surface area contributed by atoms with E-state index in [4.69, 9.17) is 9.83 Å². The van der Waals surface area contributed by atoms with Crippen molar-refractivity contribution in [2.45, 2.75) is 34.1 Å². The molecule has 0 bridgehead atoms. The molecule has 0 aliphatic heterocycles. The first-order valence-electron chi connectivity index (χ1n) is 10.3. The molecule has 0 fully saturated rings. The highest BCUT2D eigenvalue weighted by atomic mass is 16.3. The first-order valence-corrected chi connectivity index (χ1v) is 10.3. The number of rotatable bonds is 2. The van der Waals surface area contributed by atoms with Gasteiger partial charge in [-0.1, -0.05) is 26.0 Å². The zero-order chi connectivity index (χ0) is 20.4. The Hall–Kier alpha value is -3.07. The molecule has 0 saturated heterocycles. The fourth-order valence-corrected chi connectivity index (χ4v) is 4.72. The molecule has 29 heavy (non-hydrogen) atoms. The molecule has 0 aliphatic rings. The second-order valence-electron chi connectivity index (χ2n) is 8.85. The fraction of sp³-hybridized carbons (Fsp3) is 0.269. The average molecular weight is 384 g/mol. The number of nitrogens with two attached hydrogens (primary N) is 1. The highest BCUT2D eigenvalue weighted by molar-refractivity contribution is 6.21. The molecule has 0 aliphatic carbocycles. The van der Waals surface area contributed by atoms with Crippen LogP contribution in [0.1, 0.15) is 30.5 Å². The molecule has 0 saturated carbocycles. The second-order valence-corrected chi connectivity index (χ2v) is 8.85. The molecule has 3 nitrogen and oxygen atoms in total. The van der Waals surface area contributed by atoms with Crippen molar-refractivity contribution >= 4 is 43.6 Å². The van der Waals surface area contributed by atoms with Gasteiger partial charge in [-0.05, 0) is 60.4 Å². The van der Waals surface area contributed by atoms with Gasteiger partial charge in [-0.3, -0.25) is 5.41 Å². The van der Waals surface area contributed by atoms with Gasteiger partial charge in [0.15, 0.2) is 10.9 Å². The van der Waals surface area contributed by atoms with Crippen LogP contribution in [0, 0.1) is 19.8 Å². The standard InChI is InChI=1S/C26H26N2O/c1-14(2)8-17-10-19-9-15(3)16(4)23-24(19)22(11-17)29-26-21-12-20(27)7-6-18(21)13-28(5)25(23)26/h6-7,9-14,27H,8H2,1-5H3/p+1. The maximum absolute atomic E-state index is 6.64. The molecule has 0 spiro atoms. The number of fused-ring (bicyclic) bond motifs is 4. The van der Waals surface area contributed by atoms with E-state index in [1.165, 1.54) is 32.8 Å². The van der Waals surface area contributed by atoms with Gasteiger partial charge in [-0.2, -0.15) is 0 Å². The fourth-order valence-electron chi connectivity index (χ4n) is 4.72. The third kappa shape index (κ3) is 2.68. The highest BCUT2D eigenvalue weighted by Gasteiger charge is 2.18. The molecule has 0 amide bonds. The topological polar surface area (TPSA) is 43.7 Å². The lowest BCUT2D eigenvalue weighted by Crippen LogP contribution is -2.44. The Labute approximate surface area is 170 Å². The molecule has 0 atom stereocenters. The molecule has 146 valence electrons. The number of nitrogens with zero attached hydrogens (tertiary/aromatic N) is 1. The zero-order valence-corrected chi connectivity index (χ0v) is 17.8. The summed E-state index contributed by atoms with van der Waals surface area (Å²) in [6, 6.07) is 12.9. The zero-order valence-electron chi connectivity index (χ0n) is 17.8. The Morgan fingerprint density at radius 3 is 2.55 bits per heavy atom. The molecule has 3 heteroatoms. The van der Waals surface area contributed by atoms with Crippen LogP contribution < -0.4 is 10.8 Å². The van der Waals surface area contributed by atoms with Crippen molar-refractivity contribution in [3.05, 3.63) is 64.6 Å². The smallest absolute Gasteiger partial charge is 0.197 e. The van der Waals surface area contributed by atoms with Crippen molar-refractivity contribution in [3.63, 3.8) is 0 Å². The number of aromatic nitrogens is 1. The summed E-state index contributed by atoms with van der Waals surface area (Å²) in [4.78, 5) is 0. The number of hydrogen-bond donors (Lipinski definition) is 1. The van der Waals surface area contributed by atoms with Crippen LogP contribution in [0.25, 0.3) is 43.6 Å². The molecule has 0 unspecified atom stereocenters. The number of aryl methyl sites for hydroxylation is 3. The van der Waals surface area contributed by atoms with E-state index in [9.17, 15) is 0 Å². The molecule has 3 aromatic carbocycles. The lowest BCUT2D eigenvalue weighted by atomic mass is 9.92. The van der Waals surface area contributed by atoms with Crippen molar-refractivity contribution in [3.8, 4) is 0 Å². The van der Waals surface area contributed by atoms with Gasteiger partial charge in [-0.15, -0.1) is 0 Å². The Balaban J connectivity index is 2.09. The highest BCUT2D eigenvalue weighted by Crippen LogP contribution is 2.39. The molecule has 2 N–H and O–H groups in total. The quantitative estimate of drug-likeness (QED) is 0.348. The molecular formula is C26H27N2O+. The predicted octanol–water partition coefficient (Wildman–Crippen LogP) is 4.71. The van der Waals surface area contributed by atoms with Gasteiger partial charge in [0.25, 0.3) is 0 Å². The Bertz CT molecular complexity index is 1500. The summed E-state index contributed by atoms with van der Waals surface area (Å²) in [6.07, 6.45) is 3.21. The van der Waals surface area contributed by atoms with Crippen LogP contribution in [0.15, 0.2) is 47.0 Å². The van der Waals surface area contributed by atoms with Gasteiger partial charge in [0.1, 0.15) is 5.58 Å². The molecule has 5 aromatic rings. The summed E-state index contributed by atoms with van der Waals surface area (Å²) in [5, 5.41) is 12.8. The van der Waals surface area contributed by atoms with Crippen molar-refractivity contribution in [1.29, 1.82) is 0 Å². The number of benzene rings is 3. The summed E-state index contributed by atoms with van der Waals surface area (Å²) in [6.45, 7) is 8.94. The first kappa shape index (κ1) is 18.0. The van der Waals surface area contributed by atoms with Crippen molar-refractivity contribution < 1.29 is 9.83 Å². The van der Waals surface area contributed by atoms with Gasteiger partial charge in [-0.25, -0.2) is 0 Å². The van der Waals surface area contributed by atoms with Crippen LogP contribution in [-0.2, 0) is 13.5 Å². The minimum atomic E-state index is 0.597. The predicted molar refractivity (Wildman–Crippen MR) is 121 cm³/mol. The summed E-state index contributed by atoms with van der Waals surface area (Å²) < 4.78 is 8.83. The number of pyridine rings is 1. The van der Waals surface area contributed by atoms with Gasteiger partial charge < -0.3 is 8.98 Å². The Kier molecular flexibility index (Phi) is 3.86. The van der Waals surface area contributed by atoms with Gasteiger partial charge in [0.05, 0.1) is 5.52 Å². The van der Waals surface area contributed by atoms with Crippen molar-refractivity contribution in [1.82, 2.24) is 4.57 Å². The van der Waals surface area contributed by atoms with Crippen LogP contribution in [0.2, 0.25) is 0 Å². The average Bonchev–Trinajstić information content (AvgIpc) is 2.65. The monoisotopic (exact) mass is 383 g/mol. The van der Waals surface area contributed by atoms with E-state index in [2.05, 4.69) is 69.8 Å². The maximum atomic E-state index is 6.64. The van der Waals surface area contributed by atoms with Crippen LogP contribution in [-0.4, -0.2) is 4.57 Å². The van der Waals surface area contributed by atoms with Crippen LogP contribution in [0.5, 0.6) is 0 Å². The molecular weight excluding hydrogens is 356 g/mol. The van der Waals surface area contributed by atoms with E-state index in [1.807, 2.05) is 12.1 Å². The first-order chi connectivity index (χ1) is 13.8. The van der Waals surface area contributed by atoms with E-state index < -0.39 is 0 Å². The van der Waals surface area contributed by atoms with Crippen molar-refractivity contribution in [2.24, 2.45) is 13.0 Å². The normalized spacial score (nSPS) is 12.2. The number of hydrogen-bond acceptors (Lipinski definition) is 1. The lowest BCUT2D eigenvalue weighted by molar-refractivity contribution is -0.172. The van der Waals surface area contributed by atoms with Crippen LogP contribution in [0.3, 0.4) is 0 Å². The van der Waals surface area contributed by atoms with E-state index in [0.717, 1.165) is 39.2 Å². The van der Waals surface area contributed by atoms with E-state index in [0.29, 0.717) is 5.92 Å².